The molecule has 1 saturated heterocycles. The molecule has 0 aromatic heterocycles. The molecule has 33 heavy (non-hydrogen) atoms. The van der Waals surface area contributed by atoms with Crippen LogP contribution in [0.5, 0.6) is 0 Å². The molecule has 1 aliphatic heterocycles. The Hall–Kier alpha value is -1.24. The molecule has 1 aliphatic carbocycles. The van der Waals surface area contributed by atoms with Gasteiger partial charge in [0, 0.05) is 38.4 Å². The topological polar surface area (TPSA) is 78.9 Å². The number of amides is 1. The van der Waals surface area contributed by atoms with Gasteiger partial charge in [0.1, 0.15) is 5.78 Å². The van der Waals surface area contributed by atoms with Gasteiger partial charge in [-0.05, 0) is 44.6 Å². The van der Waals surface area contributed by atoms with Crippen LogP contribution in [0.25, 0.3) is 0 Å². The van der Waals surface area contributed by atoms with E-state index < -0.39 is 0 Å². The highest BCUT2D eigenvalue weighted by Gasteiger charge is 2.32. The SMILES string of the molecule is CCCCC[C@H](O)C=C[C@H]1CCC(=O)[C@@H]1CCCCCCC(=O)NCCCN1CCOCC1. The Morgan fingerprint density at radius 3 is 2.73 bits per heavy atom. The molecule has 6 heteroatoms. The number of carbonyl (C=O) groups excluding carboxylic acids is 2. The first-order valence-electron chi connectivity index (χ1n) is 13.6. The number of rotatable bonds is 17. The number of ketones is 1. The van der Waals surface area contributed by atoms with Gasteiger partial charge in [0.05, 0.1) is 19.3 Å². The van der Waals surface area contributed by atoms with Gasteiger partial charge in [-0.15, -0.1) is 0 Å². The number of morpholine rings is 1. The normalized spacial score (nSPS) is 22.8. The van der Waals surface area contributed by atoms with Crippen LogP contribution in [-0.4, -0.2) is 67.2 Å². The molecule has 1 saturated carbocycles. The smallest absolute Gasteiger partial charge is 0.219 e. The highest BCUT2D eigenvalue weighted by Crippen LogP contribution is 2.34. The Labute approximate surface area is 201 Å². The first-order chi connectivity index (χ1) is 16.1. The van der Waals surface area contributed by atoms with E-state index in [-0.39, 0.29) is 17.9 Å². The van der Waals surface area contributed by atoms with Crippen LogP contribution in [0.3, 0.4) is 0 Å². The van der Waals surface area contributed by atoms with Gasteiger partial charge in [-0.25, -0.2) is 0 Å². The molecule has 2 fully saturated rings. The predicted octanol–water partition coefficient (Wildman–Crippen LogP) is 4.26. The number of aliphatic hydroxyl groups excluding tert-OH is 1. The lowest BCUT2D eigenvalue weighted by atomic mass is 9.89. The van der Waals surface area contributed by atoms with Gasteiger partial charge in [0.15, 0.2) is 0 Å². The van der Waals surface area contributed by atoms with Gasteiger partial charge in [0.25, 0.3) is 0 Å². The molecule has 2 aliphatic rings. The van der Waals surface area contributed by atoms with Gasteiger partial charge >= 0.3 is 0 Å². The zero-order valence-electron chi connectivity index (χ0n) is 20.9. The third-order valence-corrected chi connectivity index (χ3v) is 7.08. The number of aliphatic hydroxyl groups is 1. The van der Waals surface area contributed by atoms with E-state index in [0.29, 0.717) is 24.5 Å². The van der Waals surface area contributed by atoms with Crippen molar-refractivity contribution >= 4 is 11.7 Å². The Morgan fingerprint density at radius 2 is 1.94 bits per heavy atom. The number of hydrogen-bond acceptors (Lipinski definition) is 5. The predicted molar refractivity (Wildman–Crippen MR) is 133 cm³/mol. The summed E-state index contributed by atoms with van der Waals surface area (Å²) in [5.74, 6) is 0.965. The second-order valence-electron chi connectivity index (χ2n) is 9.83. The summed E-state index contributed by atoms with van der Waals surface area (Å²) in [5.41, 5.74) is 0. The van der Waals surface area contributed by atoms with Crippen molar-refractivity contribution in [3.05, 3.63) is 12.2 Å². The number of hydrogen-bond donors (Lipinski definition) is 2. The van der Waals surface area contributed by atoms with E-state index >= 15 is 0 Å². The minimum absolute atomic E-state index is 0.124. The molecule has 6 nitrogen and oxygen atoms in total. The Morgan fingerprint density at radius 1 is 1.15 bits per heavy atom. The lowest BCUT2D eigenvalue weighted by Crippen LogP contribution is -2.38. The molecular formula is C27H48N2O4. The van der Waals surface area contributed by atoms with Crippen LogP contribution in [-0.2, 0) is 14.3 Å². The van der Waals surface area contributed by atoms with E-state index in [1.165, 1.54) is 0 Å². The van der Waals surface area contributed by atoms with Crippen LogP contribution >= 0.6 is 0 Å². The average molecular weight is 465 g/mol. The van der Waals surface area contributed by atoms with Crippen molar-refractivity contribution in [3.63, 3.8) is 0 Å². The summed E-state index contributed by atoms with van der Waals surface area (Å²) in [4.78, 5) is 26.7. The summed E-state index contributed by atoms with van der Waals surface area (Å²) in [6.07, 6.45) is 16.1. The minimum atomic E-state index is -0.376. The minimum Gasteiger partial charge on any atom is -0.389 e. The van der Waals surface area contributed by atoms with Gasteiger partial charge in [0.2, 0.25) is 5.91 Å². The highest BCUT2D eigenvalue weighted by atomic mass is 16.5. The number of nitrogens with zero attached hydrogens (tertiary/aromatic N) is 1. The second kappa shape index (κ2) is 17.2. The Kier molecular flexibility index (Phi) is 14.6. The molecule has 1 heterocycles. The van der Waals surface area contributed by atoms with Crippen molar-refractivity contribution < 1.29 is 19.4 Å². The van der Waals surface area contributed by atoms with Crippen LogP contribution in [0.4, 0.5) is 0 Å². The van der Waals surface area contributed by atoms with Crippen molar-refractivity contribution in [1.82, 2.24) is 10.2 Å². The molecule has 0 aromatic rings. The number of Topliss-reactive ketones (excluding diaryl/α,β-unsaturated/α-hetero) is 1. The number of carbonyl (C=O) groups is 2. The molecule has 0 aromatic carbocycles. The lowest BCUT2D eigenvalue weighted by Gasteiger charge is -2.26. The van der Waals surface area contributed by atoms with Crippen molar-refractivity contribution in [1.29, 1.82) is 0 Å². The van der Waals surface area contributed by atoms with Gasteiger partial charge in [-0.3, -0.25) is 14.5 Å². The maximum absolute atomic E-state index is 12.3. The van der Waals surface area contributed by atoms with Crippen LogP contribution < -0.4 is 5.32 Å². The standard InChI is InChI=1S/C27H48N2O4/c1-2-3-6-10-24(30)15-13-23-14-16-26(31)25(23)11-7-4-5-8-12-27(32)28-17-9-18-29-19-21-33-22-20-29/h13,15,23-25,30H,2-12,14,16-22H2,1H3,(H,28,32)/t23-,24-,25+/m0/s1. The van der Waals surface area contributed by atoms with Crippen LogP contribution in [0.15, 0.2) is 12.2 Å². The van der Waals surface area contributed by atoms with E-state index in [2.05, 4.69) is 23.2 Å². The quantitative estimate of drug-likeness (QED) is 0.248. The Balaban J connectivity index is 1.49. The van der Waals surface area contributed by atoms with Gasteiger partial charge < -0.3 is 15.2 Å². The summed E-state index contributed by atoms with van der Waals surface area (Å²) in [6.45, 7) is 7.58. The molecule has 3 atom stereocenters. The van der Waals surface area contributed by atoms with Gasteiger partial charge in [-0.2, -0.15) is 0 Å². The zero-order valence-corrected chi connectivity index (χ0v) is 20.9. The molecule has 190 valence electrons. The maximum Gasteiger partial charge on any atom is 0.219 e. The van der Waals surface area contributed by atoms with Crippen molar-refractivity contribution in [2.75, 3.05) is 39.4 Å². The summed E-state index contributed by atoms with van der Waals surface area (Å²) in [6, 6.07) is 0. The van der Waals surface area contributed by atoms with Crippen LogP contribution in [0, 0.1) is 11.8 Å². The summed E-state index contributed by atoms with van der Waals surface area (Å²) < 4.78 is 5.35. The van der Waals surface area contributed by atoms with Gasteiger partial charge in [-0.1, -0.05) is 57.6 Å². The summed E-state index contributed by atoms with van der Waals surface area (Å²) in [5, 5.41) is 13.2. The average Bonchev–Trinajstić information content (AvgIpc) is 3.17. The van der Waals surface area contributed by atoms with E-state index in [1.807, 2.05) is 6.08 Å². The van der Waals surface area contributed by atoms with E-state index in [4.69, 9.17) is 4.74 Å². The maximum atomic E-state index is 12.3. The lowest BCUT2D eigenvalue weighted by molar-refractivity contribution is -0.121. The largest absolute Gasteiger partial charge is 0.389 e. The van der Waals surface area contributed by atoms with E-state index in [9.17, 15) is 14.7 Å². The summed E-state index contributed by atoms with van der Waals surface area (Å²) >= 11 is 0. The molecule has 0 spiro atoms. The molecular weight excluding hydrogens is 416 g/mol. The molecule has 0 unspecified atom stereocenters. The number of ether oxygens (including phenoxy) is 1. The first-order valence-corrected chi connectivity index (χ1v) is 13.6. The van der Waals surface area contributed by atoms with E-state index in [1.54, 1.807) is 0 Å². The monoisotopic (exact) mass is 464 g/mol. The zero-order chi connectivity index (χ0) is 23.7. The third-order valence-electron chi connectivity index (χ3n) is 7.08. The molecule has 1 amide bonds. The van der Waals surface area contributed by atoms with Crippen molar-refractivity contribution in [3.8, 4) is 0 Å². The Bertz CT molecular complexity index is 574. The van der Waals surface area contributed by atoms with Crippen molar-refractivity contribution in [2.45, 2.75) is 96.5 Å². The first kappa shape index (κ1) is 28.0. The molecule has 2 N–H and O–H groups in total. The fourth-order valence-electron chi connectivity index (χ4n) is 4.96. The fourth-order valence-corrected chi connectivity index (χ4v) is 4.96. The number of unbranched alkanes of at least 4 members (excludes halogenated alkanes) is 5. The number of nitrogens with one attached hydrogen (secondary N) is 1. The molecule has 0 bridgehead atoms. The molecule has 0 radical (unpaired) electrons. The van der Waals surface area contributed by atoms with E-state index in [0.717, 1.165) is 110 Å². The van der Waals surface area contributed by atoms with Crippen LogP contribution in [0.2, 0.25) is 0 Å². The number of allylic oxidation sites excluding steroid dienone is 1. The second-order valence-corrected chi connectivity index (χ2v) is 9.83. The highest BCUT2D eigenvalue weighted by molar-refractivity contribution is 5.83. The van der Waals surface area contributed by atoms with Crippen molar-refractivity contribution in [2.24, 2.45) is 11.8 Å². The fraction of sp³-hybridized carbons (Fsp3) is 0.852. The van der Waals surface area contributed by atoms with Crippen LogP contribution in [0.1, 0.15) is 90.4 Å². The summed E-state index contributed by atoms with van der Waals surface area (Å²) in [7, 11) is 0. The third kappa shape index (κ3) is 12.2. The molecule has 2 rings (SSSR count).